The highest BCUT2D eigenvalue weighted by atomic mass is 16.5. The topological polar surface area (TPSA) is 76.2 Å². The van der Waals surface area contributed by atoms with Crippen LogP contribution < -0.4 is 4.74 Å². The molecule has 0 aliphatic carbocycles. The smallest absolute Gasteiger partial charge is 0.302 e. The number of carbonyl (C=O) groups is 1. The molecular formula is C24H21N3O3. The lowest BCUT2D eigenvalue weighted by Gasteiger charge is -2.06. The third kappa shape index (κ3) is 4.22. The fourth-order valence-electron chi connectivity index (χ4n) is 3.28. The lowest BCUT2D eigenvalue weighted by atomic mass is 10.2. The Bertz CT molecular complexity index is 1210. The van der Waals surface area contributed by atoms with Gasteiger partial charge in [-0.25, -0.2) is 0 Å². The zero-order valence-corrected chi connectivity index (χ0v) is 16.5. The van der Waals surface area contributed by atoms with Crippen LogP contribution in [0.2, 0.25) is 0 Å². The minimum absolute atomic E-state index is 0.0313. The number of ether oxygens (including phenoxy) is 1. The maximum absolute atomic E-state index is 12.1. The zero-order valence-electron chi connectivity index (χ0n) is 16.5. The van der Waals surface area contributed by atoms with Crippen molar-refractivity contribution in [2.45, 2.75) is 13.5 Å². The normalized spacial score (nSPS) is 11.2. The molecule has 0 saturated heterocycles. The molecule has 0 radical (unpaired) electrons. The van der Waals surface area contributed by atoms with Crippen LogP contribution >= 0.6 is 0 Å². The lowest BCUT2D eigenvalue weighted by molar-refractivity contribution is -0.120. The van der Waals surface area contributed by atoms with Gasteiger partial charge in [0.25, 0.3) is 0 Å². The van der Waals surface area contributed by atoms with Gasteiger partial charge in [-0.2, -0.15) is 0 Å². The van der Waals surface area contributed by atoms with Gasteiger partial charge < -0.3 is 14.4 Å². The Balaban J connectivity index is 1.56. The zero-order chi connectivity index (χ0) is 20.9. The van der Waals surface area contributed by atoms with E-state index in [-0.39, 0.29) is 18.2 Å². The number of benzene rings is 3. The minimum atomic E-state index is -0.532. The number of carbonyl (C=O) groups excluding carboxylic acids is 1. The molecule has 30 heavy (non-hydrogen) atoms. The molecule has 0 spiro atoms. The van der Waals surface area contributed by atoms with Crippen molar-refractivity contribution in [2.24, 2.45) is 10.2 Å². The Morgan fingerprint density at radius 2 is 1.77 bits per heavy atom. The monoisotopic (exact) mass is 399 g/mol. The molecule has 1 aromatic heterocycles. The molecule has 0 aliphatic rings. The summed E-state index contributed by atoms with van der Waals surface area (Å²) >= 11 is 0. The SMILES string of the molecule is Cc1cccc(OCC(=O)N=Nc2c(O)n(Cc3ccccc3)c3ccccc23)c1. The van der Waals surface area contributed by atoms with Crippen molar-refractivity contribution < 1.29 is 14.6 Å². The Labute approximate surface area is 174 Å². The van der Waals surface area contributed by atoms with Gasteiger partial charge in [0, 0.05) is 5.39 Å². The van der Waals surface area contributed by atoms with E-state index in [4.69, 9.17) is 4.74 Å². The second-order valence-corrected chi connectivity index (χ2v) is 6.96. The standard InChI is InChI=1S/C24H21N3O3/c1-17-8-7-11-19(14-17)30-16-22(28)25-26-23-20-12-5-6-13-21(20)27(24(23)29)15-18-9-3-2-4-10-18/h2-14,29H,15-16H2,1H3. The molecule has 6 nitrogen and oxygen atoms in total. The third-order valence-corrected chi connectivity index (χ3v) is 4.71. The average molecular weight is 399 g/mol. The molecular weight excluding hydrogens is 378 g/mol. The summed E-state index contributed by atoms with van der Waals surface area (Å²) in [5.74, 6) is 0.0351. The van der Waals surface area contributed by atoms with Crippen LogP contribution in [0, 0.1) is 6.92 Å². The first kappa shape index (κ1) is 19.4. The number of rotatable bonds is 6. The second-order valence-electron chi connectivity index (χ2n) is 6.96. The molecule has 0 saturated carbocycles. The number of aryl methyl sites for hydroxylation is 1. The van der Waals surface area contributed by atoms with Crippen LogP contribution in [0.15, 0.2) is 89.1 Å². The van der Waals surface area contributed by atoms with Crippen molar-refractivity contribution in [2.75, 3.05) is 6.61 Å². The highest BCUT2D eigenvalue weighted by Gasteiger charge is 2.17. The van der Waals surface area contributed by atoms with Gasteiger partial charge >= 0.3 is 5.91 Å². The number of hydrogen-bond acceptors (Lipinski definition) is 4. The number of para-hydroxylation sites is 1. The van der Waals surface area contributed by atoms with Crippen LogP contribution in [0.3, 0.4) is 0 Å². The van der Waals surface area contributed by atoms with Gasteiger partial charge in [-0.15, -0.1) is 10.2 Å². The van der Waals surface area contributed by atoms with Crippen LogP contribution in [0.4, 0.5) is 5.69 Å². The van der Waals surface area contributed by atoms with Crippen LogP contribution in [0.25, 0.3) is 10.9 Å². The maximum Gasteiger partial charge on any atom is 0.302 e. The molecule has 0 atom stereocenters. The van der Waals surface area contributed by atoms with Crippen molar-refractivity contribution in [3.63, 3.8) is 0 Å². The number of aromatic nitrogens is 1. The van der Waals surface area contributed by atoms with Gasteiger partial charge in [-0.3, -0.25) is 4.79 Å². The predicted octanol–water partition coefficient (Wildman–Crippen LogP) is 5.39. The van der Waals surface area contributed by atoms with E-state index in [0.717, 1.165) is 22.0 Å². The number of azo groups is 1. The summed E-state index contributed by atoms with van der Waals surface area (Å²) in [6, 6.07) is 24.7. The molecule has 1 N–H and O–H groups in total. The van der Waals surface area contributed by atoms with Gasteiger partial charge in [0.05, 0.1) is 12.1 Å². The summed E-state index contributed by atoms with van der Waals surface area (Å²) < 4.78 is 7.22. The highest BCUT2D eigenvalue weighted by molar-refractivity contribution is 5.95. The Kier molecular flexibility index (Phi) is 5.57. The van der Waals surface area contributed by atoms with Gasteiger partial charge in [-0.1, -0.05) is 60.7 Å². The van der Waals surface area contributed by atoms with E-state index in [0.29, 0.717) is 12.3 Å². The van der Waals surface area contributed by atoms with Crippen LogP contribution in [0.1, 0.15) is 11.1 Å². The fraction of sp³-hybridized carbons (Fsp3) is 0.125. The predicted molar refractivity (Wildman–Crippen MR) is 115 cm³/mol. The number of nitrogens with zero attached hydrogens (tertiary/aromatic N) is 3. The molecule has 3 aromatic carbocycles. The molecule has 4 rings (SSSR count). The summed E-state index contributed by atoms with van der Waals surface area (Å²) in [5.41, 5.74) is 3.17. The highest BCUT2D eigenvalue weighted by Crippen LogP contribution is 2.39. The molecule has 0 bridgehead atoms. The van der Waals surface area contributed by atoms with Gasteiger partial charge in [-0.05, 0) is 36.2 Å². The quantitative estimate of drug-likeness (QED) is 0.442. The molecule has 4 aromatic rings. The molecule has 0 aliphatic heterocycles. The molecule has 0 fully saturated rings. The summed E-state index contributed by atoms with van der Waals surface area (Å²) in [5, 5.41) is 19.3. The van der Waals surface area contributed by atoms with E-state index in [1.54, 1.807) is 10.6 Å². The summed E-state index contributed by atoms with van der Waals surface area (Å²) in [7, 11) is 0. The molecule has 0 unspecified atom stereocenters. The van der Waals surface area contributed by atoms with E-state index >= 15 is 0 Å². The lowest BCUT2D eigenvalue weighted by Crippen LogP contribution is -2.07. The fourth-order valence-corrected chi connectivity index (χ4v) is 3.28. The maximum atomic E-state index is 12.1. The Hall–Kier alpha value is -3.93. The van der Waals surface area contributed by atoms with Gasteiger partial charge in [0.1, 0.15) is 5.75 Å². The number of aromatic hydroxyl groups is 1. The van der Waals surface area contributed by atoms with Crippen molar-refractivity contribution in [3.05, 3.63) is 90.0 Å². The molecule has 1 heterocycles. The number of fused-ring (bicyclic) bond motifs is 1. The Morgan fingerprint density at radius 1 is 1.00 bits per heavy atom. The van der Waals surface area contributed by atoms with Crippen molar-refractivity contribution in [3.8, 4) is 11.6 Å². The van der Waals surface area contributed by atoms with E-state index < -0.39 is 5.91 Å². The third-order valence-electron chi connectivity index (χ3n) is 4.71. The van der Waals surface area contributed by atoms with Gasteiger partial charge in [0.2, 0.25) is 5.88 Å². The van der Waals surface area contributed by atoms with Crippen LogP contribution in [-0.2, 0) is 11.3 Å². The Morgan fingerprint density at radius 3 is 2.57 bits per heavy atom. The van der Waals surface area contributed by atoms with Crippen molar-refractivity contribution in [1.82, 2.24) is 4.57 Å². The van der Waals surface area contributed by atoms with Crippen LogP contribution in [-0.4, -0.2) is 22.2 Å². The average Bonchev–Trinajstić information content (AvgIpc) is 3.03. The first-order valence-electron chi connectivity index (χ1n) is 9.60. The number of hydrogen-bond donors (Lipinski definition) is 1. The molecule has 150 valence electrons. The van der Waals surface area contributed by atoms with E-state index in [1.807, 2.05) is 79.7 Å². The number of amides is 1. The second kappa shape index (κ2) is 8.61. The van der Waals surface area contributed by atoms with E-state index in [1.165, 1.54) is 0 Å². The van der Waals surface area contributed by atoms with Crippen molar-refractivity contribution in [1.29, 1.82) is 0 Å². The van der Waals surface area contributed by atoms with Gasteiger partial charge in [0.15, 0.2) is 12.3 Å². The van der Waals surface area contributed by atoms with E-state index in [2.05, 4.69) is 10.2 Å². The molecule has 1 amide bonds. The summed E-state index contributed by atoms with van der Waals surface area (Å²) in [4.78, 5) is 12.1. The first-order chi connectivity index (χ1) is 14.6. The minimum Gasteiger partial charge on any atom is -0.493 e. The van der Waals surface area contributed by atoms with Crippen LogP contribution in [0.5, 0.6) is 11.6 Å². The van der Waals surface area contributed by atoms with E-state index in [9.17, 15) is 9.90 Å². The first-order valence-corrected chi connectivity index (χ1v) is 9.60. The van der Waals surface area contributed by atoms with Crippen molar-refractivity contribution >= 4 is 22.5 Å². The largest absolute Gasteiger partial charge is 0.493 e. The summed E-state index contributed by atoms with van der Waals surface area (Å²) in [6.45, 7) is 2.20. The summed E-state index contributed by atoms with van der Waals surface area (Å²) in [6.07, 6.45) is 0. The molecule has 6 heteroatoms.